The van der Waals surface area contributed by atoms with Crippen molar-refractivity contribution in [3.8, 4) is 0 Å². The van der Waals surface area contributed by atoms with E-state index >= 15 is 0 Å². The molecule has 96 valence electrons. The lowest BCUT2D eigenvalue weighted by molar-refractivity contribution is -0.206. The Morgan fingerprint density at radius 2 is 1.76 bits per heavy atom. The van der Waals surface area contributed by atoms with Crippen molar-refractivity contribution in [1.29, 1.82) is 0 Å². The molecule has 4 fully saturated rings. The molecule has 2 atom stereocenters. The first kappa shape index (κ1) is 11.6. The van der Waals surface area contributed by atoms with Gasteiger partial charge in [-0.15, -0.1) is 0 Å². The predicted octanol–water partition coefficient (Wildman–Crippen LogP) is 3.54. The van der Waals surface area contributed by atoms with E-state index < -0.39 is 0 Å². The summed E-state index contributed by atoms with van der Waals surface area (Å²) in [5.74, 6) is 2.28. The van der Waals surface area contributed by atoms with Gasteiger partial charge in [0.2, 0.25) is 0 Å². The summed E-state index contributed by atoms with van der Waals surface area (Å²) < 4.78 is 5.79. The first-order valence-electron chi connectivity index (χ1n) is 7.13. The van der Waals surface area contributed by atoms with Gasteiger partial charge in [0, 0.05) is 6.92 Å². The first-order valence-corrected chi connectivity index (χ1v) is 7.13. The van der Waals surface area contributed by atoms with Crippen LogP contribution in [0.1, 0.15) is 59.3 Å². The Hall–Kier alpha value is -0.530. The summed E-state index contributed by atoms with van der Waals surface area (Å²) in [6.45, 7) is 6.28. The fourth-order valence-corrected chi connectivity index (χ4v) is 5.35. The number of hydrogen-bond acceptors (Lipinski definition) is 2. The van der Waals surface area contributed by atoms with E-state index in [4.69, 9.17) is 4.74 Å². The van der Waals surface area contributed by atoms with Crippen LogP contribution in [-0.4, -0.2) is 11.6 Å². The summed E-state index contributed by atoms with van der Waals surface area (Å²) in [6, 6.07) is 0. The van der Waals surface area contributed by atoms with Crippen LogP contribution in [0.15, 0.2) is 0 Å². The van der Waals surface area contributed by atoms with Crippen LogP contribution >= 0.6 is 0 Å². The minimum absolute atomic E-state index is 0.0779. The Labute approximate surface area is 104 Å². The van der Waals surface area contributed by atoms with Crippen LogP contribution in [0, 0.1) is 23.2 Å². The Bertz CT molecular complexity index is 331. The lowest BCUT2D eigenvalue weighted by Gasteiger charge is -2.62. The molecule has 4 saturated carbocycles. The fourth-order valence-electron chi connectivity index (χ4n) is 5.35. The monoisotopic (exact) mass is 236 g/mol. The van der Waals surface area contributed by atoms with Crippen molar-refractivity contribution in [1.82, 2.24) is 0 Å². The van der Waals surface area contributed by atoms with Crippen molar-refractivity contribution in [3.05, 3.63) is 0 Å². The molecule has 17 heavy (non-hydrogen) atoms. The lowest BCUT2D eigenvalue weighted by Crippen LogP contribution is -2.58. The van der Waals surface area contributed by atoms with Crippen molar-refractivity contribution in [2.45, 2.75) is 64.9 Å². The third-order valence-corrected chi connectivity index (χ3v) is 5.64. The van der Waals surface area contributed by atoms with Crippen LogP contribution in [0.2, 0.25) is 0 Å². The van der Waals surface area contributed by atoms with Crippen molar-refractivity contribution in [3.63, 3.8) is 0 Å². The molecular formula is C15H24O2. The number of rotatable bonds is 2. The van der Waals surface area contributed by atoms with E-state index in [1.165, 1.54) is 19.3 Å². The van der Waals surface area contributed by atoms with Gasteiger partial charge < -0.3 is 4.74 Å². The number of carbonyl (C=O) groups excluding carboxylic acids is 1. The molecule has 2 unspecified atom stereocenters. The number of esters is 1. The third-order valence-electron chi connectivity index (χ3n) is 5.64. The van der Waals surface area contributed by atoms with Crippen molar-refractivity contribution in [2.75, 3.05) is 0 Å². The van der Waals surface area contributed by atoms with Crippen molar-refractivity contribution < 1.29 is 9.53 Å². The van der Waals surface area contributed by atoms with Crippen molar-refractivity contribution >= 4 is 5.97 Å². The summed E-state index contributed by atoms with van der Waals surface area (Å²) in [7, 11) is 0. The standard InChI is InChI=1S/C15H24O2/c1-10(2)14-5-12-4-13(6-14)8-15(7-12,9-14)17-11(3)16/h10,12-13H,4-9H2,1-3H3. The quantitative estimate of drug-likeness (QED) is 0.685. The summed E-state index contributed by atoms with van der Waals surface area (Å²) in [4.78, 5) is 11.4. The second-order valence-corrected chi connectivity index (χ2v) is 7.25. The van der Waals surface area contributed by atoms with Crippen LogP contribution in [0.25, 0.3) is 0 Å². The molecule has 0 spiro atoms. The van der Waals surface area contributed by atoms with Crippen LogP contribution < -0.4 is 0 Å². The van der Waals surface area contributed by atoms with Gasteiger partial charge in [0.05, 0.1) is 0 Å². The average Bonchev–Trinajstić information content (AvgIpc) is 2.12. The molecule has 0 N–H and O–H groups in total. The Balaban J connectivity index is 1.91. The van der Waals surface area contributed by atoms with Gasteiger partial charge in [-0.3, -0.25) is 4.79 Å². The molecule has 0 aromatic rings. The normalized spacial score (nSPS) is 47.5. The summed E-state index contributed by atoms with van der Waals surface area (Å²) in [6.07, 6.45) is 7.55. The Kier molecular flexibility index (Phi) is 2.37. The van der Waals surface area contributed by atoms with Gasteiger partial charge in [-0.1, -0.05) is 13.8 Å². The molecular weight excluding hydrogens is 212 g/mol. The zero-order chi connectivity index (χ0) is 12.3. The number of ether oxygens (including phenoxy) is 1. The Morgan fingerprint density at radius 1 is 1.18 bits per heavy atom. The van der Waals surface area contributed by atoms with E-state index in [9.17, 15) is 4.79 Å². The zero-order valence-corrected chi connectivity index (χ0v) is 11.3. The molecule has 4 aliphatic carbocycles. The summed E-state index contributed by atoms with van der Waals surface area (Å²) >= 11 is 0. The maximum absolute atomic E-state index is 11.4. The highest BCUT2D eigenvalue weighted by Crippen LogP contribution is 2.65. The first-order chi connectivity index (χ1) is 7.93. The van der Waals surface area contributed by atoms with Gasteiger partial charge in [0.1, 0.15) is 5.60 Å². The molecule has 0 aromatic carbocycles. The predicted molar refractivity (Wildman–Crippen MR) is 66.5 cm³/mol. The van der Waals surface area contributed by atoms with E-state index in [1.807, 2.05) is 0 Å². The molecule has 0 amide bonds. The van der Waals surface area contributed by atoms with Gasteiger partial charge in [0.25, 0.3) is 0 Å². The van der Waals surface area contributed by atoms with Gasteiger partial charge in [-0.2, -0.15) is 0 Å². The number of carbonyl (C=O) groups is 1. The molecule has 2 nitrogen and oxygen atoms in total. The molecule has 0 heterocycles. The minimum Gasteiger partial charge on any atom is -0.459 e. The van der Waals surface area contributed by atoms with Crippen molar-refractivity contribution in [2.24, 2.45) is 23.2 Å². The topological polar surface area (TPSA) is 26.3 Å². The second-order valence-electron chi connectivity index (χ2n) is 7.25. The maximum Gasteiger partial charge on any atom is 0.303 e. The van der Waals surface area contributed by atoms with Crippen LogP contribution in [0.4, 0.5) is 0 Å². The molecule has 2 heteroatoms. The van der Waals surface area contributed by atoms with Gasteiger partial charge in [-0.05, 0) is 61.7 Å². The third kappa shape index (κ3) is 1.71. The molecule has 4 bridgehead atoms. The maximum atomic E-state index is 11.4. The minimum atomic E-state index is -0.0831. The summed E-state index contributed by atoms with van der Waals surface area (Å²) in [5, 5.41) is 0. The Morgan fingerprint density at radius 3 is 2.24 bits per heavy atom. The molecule has 4 rings (SSSR count). The van der Waals surface area contributed by atoms with Crippen LogP contribution in [0.5, 0.6) is 0 Å². The smallest absolute Gasteiger partial charge is 0.303 e. The van der Waals surface area contributed by atoms with E-state index in [1.54, 1.807) is 6.92 Å². The highest BCUT2D eigenvalue weighted by molar-refractivity contribution is 5.66. The van der Waals surface area contributed by atoms with E-state index in [0.29, 0.717) is 5.41 Å². The summed E-state index contributed by atoms with van der Waals surface area (Å²) in [5.41, 5.74) is 0.389. The highest BCUT2D eigenvalue weighted by Gasteiger charge is 2.60. The SMILES string of the molecule is CC(=O)OC12CC3CC(C1)CC(C(C)C)(C3)C2. The molecule has 0 aromatic heterocycles. The molecule has 4 aliphatic rings. The van der Waals surface area contributed by atoms with Gasteiger partial charge in [0.15, 0.2) is 0 Å². The average molecular weight is 236 g/mol. The van der Waals surface area contributed by atoms with Crippen LogP contribution in [0.3, 0.4) is 0 Å². The van der Waals surface area contributed by atoms with Crippen LogP contribution in [-0.2, 0) is 9.53 Å². The largest absolute Gasteiger partial charge is 0.459 e. The lowest BCUT2D eigenvalue weighted by atomic mass is 9.45. The molecule has 0 radical (unpaired) electrons. The molecule has 0 aliphatic heterocycles. The van der Waals surface area contributed by atoms with Gasteiger partial charge in [-0.25, -0.2) is 0 Å². The molecule has 0 saturated heterocycles. The fraction of sp³-hybridized carbons (Fsp3) is 0.933. The zero-order valence-electron chi connectivity index (χ0n) is 11.3. The van der Waals surface area contributed by atoms with Gasteiger partial charge >= 0.3 is 5.97 Å². The second kappa shape index (κ2) is 3.49. The number of hydrogen-bond donors (Lipinski definition) is 0. The van der Waals surface area contributed by atoms with E-state index in [0.717, 1.165) is 37.0 Å². The highest BCUT2D eigenvalue weighted by atomic mass is 16.6. The van der Waals surface area contributed by atoms with E-state index in [2.05, 4.69) is 13.8 Å². The van der Waals surface area contributed by atoms with E-state index in [-0.39, 0.29) is 11.6 Å².